The van der Waals surface area contributed by atoms with Crippen molar-refractivity contribution in [3.63, 3.8) is 0 Å². The summed E-state index contributed by atoms with van der Waals surface area (Å²) in [6.45, 7) is 1.27. The molecule has 3 saturated carbocycles. The summed E-state index contributed by atoms with van der Waals surface area (Å²) in [5, 5.41) is 9.54. The van der Waals surface area contributed by atoms with Crippen LogP contribution in [-0.2, 0) is 4.79 Å². The van der Waals surface area contributed by atoms with Crippen LogP contribution in [0.3, 0.4) is 0 Å². The van der Waals surface area contributed by atoms with E-state index >= 15 is 0 Å². The minimum absolute atomic E-state index is 0.0204. The van der Waals surface area contributed by atoms with Crippen LogP contribution in [0.25, 0.3) is 0 Å². The molecular weight excluding hydrogens is 216 g/mol. The number of amides is 1. The molecule has 3 aliphatic carbocycles. The molecule has 0 spiro atoms. The Bertz CT molecular complexity index is 318. The summed E-state index contributed by atoms with van der Waals surface area (Å²) in [6, 6.07) is 0. The first-order valence-corrected chi connectivity index (χ1v) is 6.79. The van der Waals surface area contributed by atoms with Crippen molar-refractivity contribution in [1.82, 2.24) is 4.90 Å². The lowest BCUT2D eigenvalue weighted by atomic mass is 9.57. The van der Waals surface area contributed by atoms with Crippen LogP contribution >= 0.6 is 0 Å². The standard InChI is InChI=1S/C13H22N2O2/c14-13-5-2-12(3-6-13,4-7-13)11(17)15-8-1-10(16)9-15/h10,16H,1-9,14H2. The number of carbonyl (C=O) groups is 1. The Kier molecular flexibility index (Phi) is 2.49. The lowest BCUT2D eigenvalue weighted by Gasteiger charge is -2.51. The van der Waals surface area contributed by atoms with Gasteiger partial charge < -0.3 is 15.7 Å². The molecule has 0 aromatic carbocycles. The summed E-state index contributed by atoms with van der Waals surface area (Å²) in [4.78, 5) is 14.5. The van der Waals surface area contributed by atoms with E-state index in [0.29, 0.717) is 6.54 Å². The van der Waals surface area contributed by atoms with Crippen LogP contribution in [0.15, 0.2) is 0 Å². The number of nitrogens with two attached hydrogens (primary N) is 1. The van der Waals surface area contributed by atoms with Gasteiger partial charge in [0.15, 0.2) is 0 Å². The normalized spacial score (nSPS) is 45.3. The maximum absolute atomic E-state index is 12.6. The molecule has 4 heteroatoms. The van der Waals surface area contributed by atoms with E-state index < -0.39 is 0 Å². The number of hydrogen-bond donors (Lipinski definition) is 2. The maximum Gasteiger partial charge on any atom is 0.228 e. The third-order valence-corrected chi connectivity index (χ3v) is 5.21. The van der Waals surface area contributed by atoms with Crippen LogP contribution in [-0.4, -0.2) is 40.6 Å². The lowest BCUT2D eigenvalue weighted by Crippen LogP contribution is -2.57. The highest BCUT2D eigenvalue weighted by atomic mass is 16.3. The Labute approximate surface area is 102 Å². The molecule has 0 radical (unpaired) electrons. The summed E-state index contributed by atoms with van der Waals surface area (Å²) in [6.07, 6.45) is 6.28. The monoisotopic (exact) mass is 238 g/mol. The first-order chi connectivity index (χ1) is 8.03. The smallest absolute Gasteiger partial charge is 0.228 e. The van der Waals surface area contributed by atoms with E-state index in [-0.39, 0.29) is 23.0 Å². The molecule has 1 aliphatic heterocycles. The molecule has 2 bridgehead atoms. The van der Waals surface area contributed by atoms with Gasteiger partial charge in [0, 0.05) is 24.0 Å². The Balaban J connectivity index is 1.74. The van der Waals surface area contributed by atoms with E-state index in [1.807, 2.05) is 4.90 Å². The first-order valence-electron chi connectivity index (χ1n) is 6.79. The van der Waals surface area contributed by atoms with Crippen LogP contribution in [0.5, 0.6) is 0 Å². The highest BCUT2D eigenvalue weighted by molar-refractivity contribution is 5.83. The fraction of sp³-hybridized carbons (Fsp3) is 0.923. The van der Waals surface area contributed by atoms with Crippen molar-refractivity contribution in [1.29, 1.82) is 0 Å². The van der Waals surface area contributed by atoms with E-state index in [1.54, 1.807) is 0 Å². The lowest BCUT2D eigenvalue weighted by molar-refractivity contribution is -0.148. The highest BCUT2D eigenvalue weighted by Gasteiger charge is 2.52. The predicted octanol–water partition coefficient (Wildman–Crippen LogP) is 0.631. The molecule has 3 N–H and O–H groups in total. The molecule has 17 heavy (non-hydrogen) atoms. The number of carbonyl (C=O) groups excluding carboxylic acids is 1. The number of rotatable bonds is 1. The zero-order chi connectivity index (χ0) is 12.1. The van der Waals surface area contributed by atoms with Crippen molar-refractivity contribution >= 4 is 5.91 Å². The molecule has 1 saturated heterocycles. The van der Waals surface area contributed by atoms with E-state index in [1.165, 1.54) is 0 Å². The van der Waals surface area contributed by atoms with Gasteiger partial charge in [-0.25, -0.2) is 0 Å². The zero-order valence-electron chi connectivity index (χ0n) is 10.3. The predicted molar refractivity (Wildman–Crippen MR) is 64.3 cm³/mol. The molecule has 4 fully saturated rings. The third kappa shape index (κ3) is 1.78. The molecule has 0 aromatic heterocycles. The molecular formula is C13H22N2O2. The van der Waals surface area contributed by atoms with Crippen molar-refractivity contribution in [3.8, 4) is 0 Å². The van der Waals surface area contributed by atoms with Gasteiger partial charge in [0.05, 0.1) is 6.10 Å². The van der Waals surface area contributed by atoms with Crippen molar-refractivity contribution in [2.24, 2.45) is 11.1 Å². The van der Waals surface area contributed by atoms with Crippen molar-refractivity contribution in [3.05, 3.63) is 0 Å². The number of β-amino-alcohol motifs (C(OH)–C–C–N with tert-alkyl or cyclic N) is 1. The van der Waals surface area contributed by atoms with Crippen LogP contribution in [0.2, 0.25) is 0 Å². The first kappa shape index (κ1) is 11.5. The topological polar surface area (TPSA) is 66.6 Å². The Morgan fingerprint density at radius 2 is 1.76 bits per heavy atom. The molecule has 1 heterocycles. The van der Waals surface area contributed by atoms with Crippen molar-refractivity contribution in [2.45, 2.75) is 56.6 Å². The summed E-state index contributed by atoms with van der Waals surface area (Å²) >= 11 is 0. The van der Waals surface area contributed by atoms with Crippen LogP contribution in [0, 0.1) is 5.41 Å². The Morgan fingerprint density at radius 1 is 1.18 bits per heavy atom. The van der Waals surface area contributed by atoms with Gasteiger partial charge in [-0.2, -0.15) is 0 Å². The van der Waals surface area contributed by atoms with Gasteiger partial charge >= 0.3 is 0 Å². The number of likely N-dealkylation sites (tertiary alicyclic amines) is 1. The number of aliphatic hydroxyl groups excluding tert-OH is 1. The van der Waals surface area contributed by atoms with Crippen molar-refractivity contribution < 1.29 is 9.90 Å². The van der Waals surface area contributed by atoms with E-state index in [2.05, 4.69) is 0 Å². The number of hydrogen-bond acceptors (Lipinski definition) is 3. The largest absolute Gasteiger partial charge is 0.391 e. The van der Waals surface area contributed by atoms with Crippen molar-refractivity contribution in [2.75, 3.05) is 13.1 Å². The van der Waals surface area contributed by atoms with Gasteiger partial charge in [0.2, 0.25) is 5.91 Å². The second-order valence-corrected chi connectivity index (χ2v) is 6.34. The fourth-order valence-electron chi connectivity index (χ4n) is 3.80. The quantitative estimate of drug-likeness (QED) is 0.704. The van der Waals surface area contributed by atoms with Gasteiger partial charge in [-0.3, -0.25) is 4.79 Å². The van der Waals surface area contributed by atoms with Gasteiger partial charge in [-0.05, 0) is 44.9 Å². The van der Waals surface area contributed by atoms with Crippen LogP contribution in [0.1, 0.15) is 44.9 Å². The minimum Gasteiger partial charge on any atom is -0.391 e. The summed E-state index contributed by atoms with van der Waals surface area (Å²) in [7, 11) is 0. The number of aliphatic hydroxyl groups is 1. The molecule has 4 rings (SSSR count). The summed E-state index contributed by atoms with van der Waals surface area (Å²) in [5.74, 6) is 0.288. The second-order valence-electron chi connectivity index (χ2n) is 6.34. The molecule has 4 nitrogen and oxygen atoms in total. The molecule has 1 amide bonds. The fourth-order valence-corrected chi connectivity index (χ4v) is 3.80. The van der Waals surface area contributed by atoms with Gasteiger partial charge in [0.1, 0.15) is 0 Å². The molecule has 4 aliphatic rings. The Hall–Kier alpha value is -0.610. The van der Waals surface area contributed by atoms with Gasteiger partial charge in [-0.15, -0.1) is 0 Å². The average molecular weight is 238 g/mol. The molecule has 1 atom stereocenters. The van der Waals surface area contributed by atoms with E-state index in [0.717, 1.165) is 51.5 Å². The average Bonchev–Trinajstić information content (AvgIpc) is 2.76. The van der Waals surface area contributed by atoms with Crippen LogP contribution < -0.4 is 5.73 Å². The SMILES string of the molecule is NC12CCC(C(=O)N3CCC(O)C3)(CC1)CC2. The summed E-state index contributed by atoms with van der Waals surface area (Å²) in [5.41, 5.74) is 6.15. The minimum atomic E-state index is -0.309. The van der Waals surface area contributed by atoms with Gasteiger partial charge in [-0.1, -0.05) is 0 Å². The summed E-state index contributed by atoms with van der Waals surface area (Å²) < 4.78 is 0. The van der Waals surface area contributed by atoms with Gasteiger partial charge in [0.25, 0.3) is 0 Å². The Morgan fingerprint density at radius 3 is 2.24 bits per heavy atom. The number of fused-ring (bicyclic) bond motifs is 3. The molecule has 96 valence electrons. The number of nitrogens with zero attached hydrogens (tertiary/aromatic N) is 1. The zero-order valence-corrected chi connectivity index (χ0v) is 10.3. The molecule has 0 aromatic rings. The van der Waals surface area contributed by atoms with E-state index in [4.69, 9.17) is 5.73 Å². The molecule has 1 unspecified atom stereocenters. The third-order valence-electron chi connectivity index (χ3n) is 5.21. The maximum atomic E-state index is 12.6. The highest BCUT2D eigenvalue weighted by Crippen LogP contribution is 2.52. The second kappa shape index (κ2) is 3.69. The van der Waals surface area contributed by atoms with Crippen LogP contribution in [0.4, 0.5) is 0 Å². The van der Waals surface area contributed by atoms with E-state index in [9.17, 15) is 9.90 Å².